The summed E-state index contributed by atoms with van der Waals surface area (Å²) in [7, 11) is 2.08. The van der Waals surface area contributed by atoms with Gasteiger partial charge in [-0.2, -0.15) is 0 Å². The number of furan rings is 1. The molecule has 0 saturated heterocycles. The zero-order valence-electron chi connectivity index (χ0n) is 64.5. The van der Waals surface area contributed by atoms with Gasteiger partial charge in [-0.15, -0.1) is 34.0 Å². The molecule has 0 saturated carbocycles. The Hall–Kier alpha value is -2.92. The number of aromatic nitrogens is 2. The topological polar surface area (TPSA) is 35.3 Å². The molecule has 5 aromatic rings. The van der Waals surface area contributed by atoms with Crippen molar-refractivity contribution in [2.45, 2.75) is 335 Å². The SMILES string of the molecule is CC(C)(C)c1ccco1.CC(C)(C)c1cccs1.CC(C)(C)c1nccs1.CC(C)C(C)(C)C.CC(C)CCC(C)(C)C.CCCC(C)(C)C.CCCCC(C)(C)C.Cc1ccc(C(C)(C)C)s1.Cn1cccc1C(C)(C)C.[C-]#[N+]CCC(C)(C)C. The van der Waals surface area contributed by atoms with E-state index in [1.807, 2.05) is 46.4 Å². The van der Waals surface area contributed by atoms with Crippen molar-refractivity contribution in [2.24, 2.45) is 46.0 Å². The lowest BCUT2D eigenvalue weighted by Gasteiger charge is -2.22. The Morgan fingerprint density at radius 3 is 1.16 bits per heavy atom. The zero-order chi connectivity index (χ0) is 69.0. The predicted molar refractivity (Wildman–Crippen MR) is 400 cm³/mol. The normalized spacial score (nSPS) is 12.0. The molecular weight excluding hydrogens is 1100 g/mol. The maximum Gasteiger partial charge on any atom is 0.215 e. The van der Waals surface area contributed by atoms with Crippen LogP contribution in [0.1, 0.15) is 332 Å². The van der Waals surface area contributed by atoms with E-state index in [-0.39, 0.29) is 16.2 Å². The van der Waals surface area contributed by atoms with E-state index in [9.17, 15) is 0 Å². The molecule has 0 aliphatic carbocycles. The number of thiazole rings is 1. The van der Waals surface area contributed by atoms with Crippen LogP contribution in [-0.2, 0) is 34.1 Å². The fourth-order valence-corrected chi connectivity index (χ4v) is 9.12. The van der Waals surface area contributed by atoms with Crippen molar-refractivity contribution in [2.75, 3.05) is 6.54 Å². The van der Waals surface area contributed by atoms with Crippen LogP contribution in [-0.4, -0.2) is 16.1 Å². The number of aryl methyl sites for hydroxylation is 2. The fraction of sp³-hybridized carbons (Fsp3) is 0.747. The van der Waals surface area contributed by atoms with Crippen molar-refractivity contribution < 1.29 is 4.42 Å². The molecule has 0 aliphatic heterocycles. The van der Waals surface area contributed by atoms with Crippen LogP contribution >= 0.6 is 34.0 Å². The van der Waals surface area contributed by atoms with Crippen LogP contribution in [0.15, 0.2) is 82.4 Å². The average Bonchev–Trinajstić information content (AvgIpc) is 4.28. The van der Waals surface area contributed by atoms with Crippen molar-refractivity contribution in [1.82, 2.24) is 9.55 Å². The number of thiophene rings is 2. The van der Waals surface area contributed by atoms with Gasteiger partial charge < -0.3 is 13.8 Å². The number of nitrogens with zero attached hydrogens (tertiary/aromatic N) is 3. The van der Waals surface area contributed by atoms with Crippen molar-refractivity contribution in [3.05, 3.63) is 120 Å². The van der Waals surface area contributed by atoms with Crippen molar-refractivity contribution in [3.8, 4) is 0 Å². The first-order valence-corrected chi connectivity index (χ1v) is 35.4. The largest absolute Gasteiger partial charge is 0.469 e. The Morgan fingerprint density at radius 2 is 1.01 bits per heavy atom. The zero-order valence-corrected chi connectivity index (χ0v) is 66.9. The molecule has 0 atom stereocenters. The summed E-state index contributed by atoms with van der Waals surface area (Å²) in [5.74, 6) is 2.71. The third-order valence-electron chi connectivity index (χ3n) is 13.2. The summed E-state index contributed by atoms with van der Waals surface area (Å²) < 4.78 is 7.36. The molecule has 0 radical (unpaired) electrons. The van der Waals surface area contributed by atoms with Crippen LogP contribution in [0.25, 0.3) is 4.85 Å². The summed E-state index contributed by atoms with van der Waals surface area (Å²) in [5, 5.41) is 5.35. The van der Waals surface area contributed by atoms with Gasteiger partial charge in [0.05, 0.1) is 11.3 Å². The molecule has 0 bridgehead atoms. The summed E-state index contributed by atoms with van der Waals surface area (Å²) in [4.78, 5) is 11.8. The van der Waals surface area contributed by atoms with E-state index in [1.54, 1.807) is 17.6 Å². The van der Waals surface area contributed by atoms with Gasteiger partial charge in [0, 0.05) is 67.8 Å². The van der Waals surface area contributed by atoms with Crippen LogP contribution in [0.4, 0.5) is 0 Å². The van der Waals surface area contributed by atoms with Crippen molar-refractivity contribution in [1.29, 1.82) is 0 Å². The first-order chi connectivity index (χ1) is 38.4. The van der Waals surface area contributed by atoms with Crippen molar-refractivity contribution >= 4 is 34.0 Å². The summed E-state index contributed by atoms with van der Waals surface area (Å²) in [6.07, 6.45) is 16.1. The minimum Gasteiger partial charge on any atom is -0.469 e. The van der Waals surface area contributed by atoms with Gasteiger partial charge in [0.15, 0.2) is 0 Å². The summed E-state index contributed by atoms with van der Waals surface area (Å²) >= 11 is 5.44. The van der Waals surface area contributed by atoms with Gasteiger partial charge in [0.1, 0.15) is 5.76 Å². The monoisotopic (exact) mass is 1250 g/mol. The van der Waals surface area contributed by atoms with Gasteiger partial charge in [0.25, 0.3) is 0 Å². The van der Waals surface area contributed by atoms with E-state index in [4.69, 9.17) is 11.0 Å². The molecular formula is C79H147N3OS3. The molecule has 0 aromatic carbocycles. The number of hydrogen-bond donors (Lipinski definition) is 0. The molecule has 86 heavy (non-hydrogen) atoms. The van der Waals surface area contributed by atoms with Crippen LogP contribution in [0.5, 0.6) is 0 Å². The molecule has 4 nitrogen and oxygen atoms in total. The molecule has 7 heteroatoms. The molecule has 0 unspecified atom stereocenters. The van der Waals surface area contributed by atoms with Crippen LogP contribution < -0.4 is 0 Å². The second kappa shape index (κ2) is 43.0. The molecule has 0 spiro atoms. The maximum atomic E-state index is 6.51. The lowest BCUT2D eigenvalue weighted by molar-refractivity contribution is 0.283. The van der Waals surface area contributed by atoms with Gasteiger partial charge >= 0.3 is 0 Å². The molecule has 5 rings (SSSR count). The lowest BCUT2D eigenvalue weighted by Crippen LogP contribution is -2.15. The minimum atomic E-state index is 0.156. The molecule has 0 N–H and O–H groups in total. The first kappa shape index (κ1) is 91.8. The fourth-order valence-electron chi connectivity index (χ4n) is 6.65. The number of unbranched alkanes of at least 4 members (excludes halogenated alkanes) is 1. The van der Waals surface area contributed by atoms with Crippen LogP contribution in [0.2, 0.25) is 0 Å². The first-order valence-electron chi connectivity index (χ1n) is 32.9. The highest BCUT2D eigenvalue weighted by atomic mass is 32.1. The van der Waals surface area contributed by atoms with Crippen molar-refractivity contribution in [3.63, 3.8) is 0 Å². The molecule has 5 aromatic heterocycles. The Kier molecular flexibility index (Phi) is 45.9. The maximum absolute atomic E-state index is 6.51. The molecule has 0 amide bonds. The van der Waals surface area contributed by atoms with Gasteiger partial charge in [-0.25, -0.2) is 11.6 Å². The molecule has 0 fully saturated rings. The summed E-state index contributed by atoms with van der Waals surface area (Å²) in [6, 6.07) is 16.9. The van der Waals surface area contributed by atoms with E-state index < -0.39 is 0 Å². The minimum absolute atomic E-state index is 0.156. The average molecular weight is 1250 g/mol. The lowest BCUT2D eigenvalue weighted by atomic mass is 9.84. The van der Waals surface area contributed by atoms with Gasteiger partial charge in [-0.3, -0.25) is 0 Å². The third kappa shape index (κ3) is 60.0. The number of rotatable bonds is 6. The third-order valence-corrected chi connectivity index (χ3v) is 17.2. The van der Waals surface area contributed by atoms with Crippen LogP contribution in [0.3, 0.4) is 0 Å². The smallest absolute Gasteiger partial charge is 0.215 e. The predicted octanol–water partition coefficient (Wildman–Crippen LogP) is 28.3. The van der Waals surface area contributed by atoms with E-state index in [0.29, 0.717) is 44.4 Å². The van der Waals surface area contributed by atoms with Crippen LogP contribution in [0, 0.1) is 52.4 Å². The Balaban J connectivity index is -0.000000283. The quantitative estimate of drug-likeness (QED) is 0.159. The second-order valence-electron chi connectivity index (χ2n) is 35.1. The van der Waals surface area contributed by atoms with Gasteiger partial charge in [0.2, 0.25) is 6.54 Å². The summed E-state index contributed by atoms with van der Waals surface area (Å²) in [5.41, 5.74) is 5.19. The molecule has 502 valence electrons. The Bertz CT molecular complexity index is 2200. The van der Waals surface area contributed by atoms with E-state index >= 15 is 0 Å². The number of hydrogen-bond acceptors (Lipinski definition) is 5. The highest BCUT2D eigenvalue weighted by Gasteiger charge is 2.19. The molecule has 0 aliphatic rings. The highest BCUT2D eigenvalue weighted by Crippen LogP contribution is 2.30. The second-order valence-corrected chi connectivity index (χ2v) is 38.3. The van der Waals surface area contributed by atoms with E-state index in [2.05, 4.69) is 326 Å². The van der Waals surface area contributed by atoms with E-state index in [0.717, 1.165) is 24.0 Å². The van der Waals surface area contributed by atoms with Gasteiger partial charge in [-0.1, -0.05) is 281 Å². The molecule has 5 heterocycles. The Labute approximate surface area is 552 Å². The standard InChI is InChI=1S/C9H15N.C9H14S.C9H20.C8H12O.C8H12S.C8H18.C7H11NS.C7H13N.2C7H16/c1-9(2,3)8-6-5-7-10(8)4;1-7-5-6-8(10-7)9(2,3)4;1-8(2)6-7-9(3,4)5;2*1-8(2,3)7-5-4-6-9-7;1-5-6-7-8(2,3)4;1-7(2,3)6-8-4-5-9-6;1-7(2,3)5-6-8-4;1-6(2)7(3,4)5;1-5-6-7(2,3)4/h5-7H,1-4H3;5-6H,1-4H3;8H,6-7H2,1-5H3;2*4-6H,1-3H3;5-7H2,1-4H3;4-5H,1-3H3;5-6H2,1-3H3;6H,1-5H3;5-6H2,1-4H3. The highest BCUT2D eigenvalue weighted by molar-refractivity contribution is 7.12. The van der Waals surface area contributed by atoms with Gasteiger partial charge in [-0.05, 0) is 124 Å². The Morgan fingerprint density at radius 1 is 0.523 bits per heavy atom. The summed E-state index contributed by atoms with van der Waals surface area (Å²) in [6.45, 7) is 89.7. The van der Waals surface area contributed by atoms with E-state index in [1.165, 1.54) is 70.3 Å².